The van der Waals surface area contributed by atoms with E-state index >= 15 is 0 Å². The molecule has 4 atom stereocenters. The van der Waals surface area contributed by atoms with Gasteiger partial charge >= 0.3 is 5.92 Å². The highest BCUT2D eigenvalue weighted by Crippen LogP contribution is 2.47. The summed E-state index contributed by atoms with van der Waals surface area (Å²) in [5.74, 6) is -6.97. The van der Waals surface area contributed by atoms with Gasteiger partial charge in [0.2, 0.25) is 17.7 Å². The van der Waals surface area contributed by atoms with Crippen LogP contribution in [0, 0.1) is 17.2 Å². The molecule has 0 aliphatic carbocycles. The van der Waals surface area contributed by atoms with Crippen molar-refractivity contribution in [3.63, 3.8) is 0 Å². The smallest absolute Gasteiger partial charge is 0.321 e. The number of alkyl halides is 2. The number of likely N-dealkylation sites (N-methyl/N-ethyl adjacent to an activating group) is 1. The largest absolute Gasteiger partial charge is 0.339 e. The summed E-state index contributed by atoms with van der Waals surface area (Å²) in [7, 11) is 1.35. The normalized spacial score (nSPS) is 22.3. The topological polar surface area (TPSA) is 123 Å². The van der Waals surface area contributed by atoms with Gasteiger partial charge in [-0.2, -0.15) is 14.0 Å². The zero-order chi connectivity index (χ0) is 27.9. The molecule has 3 rings (SSSR count). The number of carbonyl (C=O) groups excluding carboxylic acids is 4. The van der Waals surface area contributed by atoms with Crippen molar-refractivity contribution in [2.24, 2.45) is 5.92 Å². The maximum absolute atomic E-state index is 13.8. The van der Waals surface area contributed by atoms with E-state index in [1.165, 1.54) is 18.9 Å². The van der Waals surface area contributed by atoms with Crippen molar-refractivity contribution in [3.8, 4) is 6.07 Å². The fourth-order valence-electron chi connectivity index (χ4n) is 4.90. The Kier molecular flexibility index (Phi) is 7.84. The lowest BCUT2D eigenvalue weighted by Gasteiger charge is -2.34. The highest BCUT2D eigenvalue weighted by molar-refractivity contribution is 6.31. The minimum absolute atomic E-state index is 0.0541. The summed E-state index contributed by atoms with van der Waals surface area (Å²) in [6, 6.07) is 3.72. The Morgan fingerprint density at radius 1 is 1.35 bits per heavy atom. The lowest BCUT2D eigenvalue weighted by Crippen LogP contribution is -2.56. The molecular weight excluding hydrogens is 508 g/mol. The first-order chi connectivity index (χ1) is 17.1. The van der Waals surface area contributed by atoms with Gasteiger partial charge in [0, 0.05) is 37.6 Å². The molecule has 2 aliphatic rings. The standard InChI is InChI=1S/C25H30ClF2N5O4/c1-13(2)8-19(32(5)20(34)14(3)30-22(36)24(4,27)28)21(35)33-12-25(10-16(33)11-29)17-9-15(26)6-7-18(17)31-23(25)37/h6-7,9,13-14,16,19H,8,10,12H2,1-5H3,(H,30,36)(H,31,37)/t14-,16-,19-,25-/m0/s1. The number of carbonyl (C=O) groups is 4. The van der Waals surface area contributed by atoms with E-state index in [0.717, 1.165) is 4.90 Å². The minimum atomic E-state index is -3.68. The van der Waals surface area contributed by atoms with Crippen LogP contribution in [0.4, 0.5) is 14.5 Å². The first kappa shape index (κ1) is 28.3. The summed E-state index contributed by atoms with van der Waals surface area (Å²) >= 11 is 6.17. The van der Waals surface area contributed by atoms with E-state index in [1.54, 1.807) is 18.2 Å². The van der Waals surface area contributed by atoms with Crippen LogP contribution in [0.5, 0.6) is 0 Å². The van der Waals surface area contributed by atoms with Gasteiger partial charge in [-0.05, 0) is 43.0 Å². The first-order valence-corrected chi connectivity index (χ1v) is 12.3. The summed E-state index contributed by atoms with van der Waals surface area (Å²) in [5.41, 5.74) is -0.0131. The number of amides is 4. The van der Waals surface area contributed by atoms with Crippen LogP contribution in [-0.4, -0.2) is 71.1 Å². The van der Waals surface area contributed by atoms with Gasteiger partial charge in [0.15, 0.2) is 0 Å². The maximum atomic E-state index is 13.8. The van der Waals surface area contributed by atoms with Crippen LogP contribution in [0.3, 0.4) is 0 Å². The van der Waals surface area contributed by atoms with Crippen LogP contribution in [-0.2, 0) is 24.6 Å². The van der Waals surface area contributed by atoms with Crippen molar-refractivity contribution in [2.75, 3.05) is 18.9 Å². The number of halogens is 3. The van der Waals surface area contributed by atoms with E-state index in [1.807, 2.05) is 19.2 Å². The molecular formula is C25H30ClF2N5O4. The Bertz CT molecular complexity index is 1160. The molecule has 0 aromatic heterocycles. The van der Waals surface area contributed by atoms with E-state index in [2.05, 4.69) is 11.4 Å². The highest BCUT2D eigenvalue weighted by Gasteiger charge is 2.57. The van der Waals surface area contributed by atoms with Crippen molar-refractivity contribution in [3.05, 3.63) is 28.8 Å². The third kappa shape index (κ3) is 5.39. The summed E-state index contributed by atoms with van der Waals surface area (Å²) in [6.07, 6.45) is 0.264. The number of nitriles is 1. The average Bonchev–Trinajstić information content (AvgIpc) is 3.33. The first-order valence-electron chi connectivity index (χ1n) is 11.9. The van der Waals surface area contributed by atoms with Crippen molar-refractivity contribution >= 4 is 40.9 Å². The van der Waals surface area contributed by atoms with Crippen molar-refractivity contribution in [1.82, 2.24) is 15.1 Å². The molecule has 1 spiro atoms. The Morgan fingerprint density at radius 3 is 2.57 bits per heavy atom. The molecule has 1 saturated heterocycles. The molecule has 1 fully saturated rings. The van der Waals surface area contributed by atoms with Crippen LogP contribution >= 0.6 is 11.6 Å². The van der Waals surface area contributed by atoms with Gasteiger partial charge in [0.1, 0.15) is 18.1 Å². The number of hydrogen-bond acceptors (Lipinski definition) is 5. The van der Waals surface area contributed by atoms with E-state index < -0.39 is 47.2 Å². The number of benzene rings is 1. The third-order valence-electron chi connectivity index (χ3n) is 6.88. The van der Waals surface area contributed by atoms with E-state index in [9.17, 15) is 33.2 Å². The molecule has 0 unspecified atom stereocenters. The van der Waals surface area contributed by atoms with Gasteiger partial charge in [-0.25, -0.2) is 0 Å². The number of nitrogens with one attached hydrogen (secondary N) is 2. The summed E-state index contributed by atoms with van der Waals surface area (Å²) in [6.45, 7) is 5.28. The number of likely N-dealkylation sites (tertiary alicyclic amines) is 1. The Hall–Kier alpha value is -3.26. The number of hydrogen-bond donors (Lipinski definition) is 2. The minimum Gasteiger partial charge on any atom is -0.339 e. The average molecular weight is 538 g/mol. The summed E-state index contributed by atoms with van der Waals surface area (Å²) < 4.78 is 26.6. The van der Waals surface area contributed by atoms with Gasteiger partial charge in [0.25, 0.3) is 5.91 Å². The van der Waals surface area contributed by atoms with Crippen LogP contribution < -0.4 is 10.6 Å². The predicted octanol–water partition coefficient (Wildman–Crippen LogP) is 2.69. The van der Waals surface area contributed by atoms with Crippen LogP contribution in [0.25, 0.3) is 0 Å². The number of anilines is 1. The lowest BCUT2D eigenvalue weighted by atomic mass is 9.80. The summed E-state index contributed by atoms with van der Waals surface area (Å²) in [5, 5.41) is 15.1. The molecule has 200 valence electrons. The van der Waals surface area contributed by atoms with Gasteiger partial charge in [0.05, 0.1) is 11.5 Å². The summed E-state index contributed by atoms with van der Waals surface area (Å²) in [4.78, 5) is 54.1. The zero-order valence-corrected chi connectivity index (χ0v) is 22.0. The highest BCUT2D eigenvalue weighted by atomic mass is 35.5. The SMILES string of the molecule is CC(C)C[C@@H](C(=O)N1C[C@]2(C[C@H]1C#N)C(=O)Nc1ccc(Cl)cc12)N(C)C(=O)[C@H](C)NC(=O)C(C)(F)F. The molecule has 1 aromatic carbocycles. The second-order valence-electron chi connectivity index (χ2n) is 10.2. The maximum Gasteiger partial charge on any atom is 0.321 e. The monoisotopic (exact) mass is 537 g/mol. The molecule has 0 saturated carbocycles. The Balaban J connectivity index is 1.90. The van der Waals surface area contributed by atoms with Crippen molar-refractivity contribution in [2.45, 2.75) is 70.0 Å². The van der Waals surface area contributed by atoms with Crippen LogP contribution in [0.2, 0.25) is 5.02 Å². The molecule has 12 heteroatoms. The van der Waals surface area contributed by atoms with E-state index in [0.29, 0.717) is 23.2 Å². The van der Waals surface area contributed by atoms with Crippen molar-refractivity contribution < 1.29 is 28.0 Å². The fourth-order valence-corrected chi connectivity index (χ4v) is 5.08. The van der Waals surface area contributed by atoms with Gasteiger partial charge < -0.3 is 20.4 Å². The number of nitrogens with zero attached hydrogens (tertiary/aromatic N) is 3. The predicted molar refractivity (Wildman–Crippen MR) is 132 cm³/mol. The van der Waals surface area contributed by atoms with Gasteiger partial charge in [-0.15, -0.1) is 0 Å². The lowest BCUT2D eigenvalue weighted by molar-refractivity contribution is -0.150. The number of rotatable bonds is 7. The molecule has 37 heavy (non-hydrogen) atoms. The zero-order valence-electron chi connectivity index (χ0n) is 21.3. The molecule has 2 N–H and O–H groups in total. The number of fused-ring (bicyclic) bond motifs is 2. The third-order valence-corrected chi connectivity index (χ3v) is 7.12. The molecule has 2 heterocycles. The molecule has 0 bridgehead atoms. The van der Waals surface area contributed by atoms with Crippen molar-refractivity contribution in [1.29, 1.82) is 5.26 Å². The quantitative estimate of drug-likeness (QED) is 0.553. The Morgan fingerprint density at radius 2 is 2.00 bits per heavy atom. The second-order valence-corrected chi connectivity index (χ2v) is 10.7. The van der Waals surface area contributed by atoms with Gasteiger partial charge in [-0.3, -0.25) is 19.2 Å². The second kappa shape index (κ2) is 10.2. The molecule has 0 radical (unpaired) electrons. The molecule has 1 aromatic rings. The van der Waals surface area contributed by atoms with Gasteiger partial charge in [-0.1, -0.05) is 25.4 Å². The van der Waals surface area contributed by atoms with Crippen LogP contribution in [0.15, 0.2) is 18.2 Å². The van der Waals surface area contributed by atoms with E-state index in [4.69, 9.17) is 11.6 Å². The van der Waals surface area contributed by atoms with Crippen LogP contribution in [0.1, 0.15) is 46.1 Å². The molecule has 2 aliphatic heterocycles. The Labute approximate surface area is 219 Å². The molecule has 9 nitrogen and oxygen atoms in total. The molecule has 4 amide bonds. The van der Waals surface area contributed by atoms with E-state index in [-0.39, 0.29) is 31.2 Å². The fraction of sp³-hybridized carbons (Fsp3) is 0.560.